The lowest BCUT2D eigenvalue weighted by atomic mass is 9.81. The molecular formula is C21H20O3S. The van der Waals surface area contributed by atoms with Gasteiger partial charge in [0.25, 0.3) is 0 Å². The van der Waals surface area contributed by atoms with E-state index in [1.807, 2.05) is 30.0 Å². The summed E-state index contributed by atoms with van der Waals surface area (Å²) in [5, 5.41) is 8.91. The first kappa shape index (κ1) is 17.5. The van der Waals surface area contributed by atoms with Crippen LogP contribution in [0.2, 0.25) is 0 Å². The molecule has 0 radical (unpaired) electrons. The highest BCUT2D eigenvalue weighted by Crippen LogP contribution is 2.41. The molecule has 3 rings (SSSR count). The fraction of sp³-hybridized carbons (Fsp3) is 0.238. The summed E-state index contributed by atoms with van der Waals surface area (Å²) < 4.78 is 0. The highest BCUT2D eigenvalue weighted by Gasteiger charge is 2.28. The van der Waals surface area contributed by atoms with E-state index in [0.29, 0.717) is 5.56 Å². The molecule has 25 heavy (non-hydrogen) atoms. The normalized spacial score (nSPS) is 15.8. The zero-order valence-electron chi connectivity index (χ0n) is 14.3. The third-order valence-electron chi connectivity index (χ3n) is 4.56. The molecular weight excluding hydrogens is 332 g/mol. The van der Waals surface area contributed by atoms with Gasteiger partial charge < -0.3 is 5.11 Å². The van der Waals surface area contributed by atoms with E-state index in [0.717, 1.165) is 17.7 Å². The summed E-state index contributed by atoms with van der Waals surface area (Å²) in [6.07, 6.45) is 4.36. The molecule has 0 fully saturated rings. The van der Waals surface area contributed by atoms with Crippen molar-refractivity contribution in [2.45, 2.75) is 30.6 Å². The van der Waals surface area contributed by atoms with Crippen LogP contribution in [0.25, 0.3) is 6.08 Å². The number of rotatable bonds is 4. The van der Waals surface area contributed by atoms with Crippen LogP contribution in [0.1, 0.15) is 52.1 Å². The van der Waals surface area contributed by atoms with Crippen LogP contribution in [0.5, 0.6) is 0 Å². The second-order valence-electron chi connectivity index (χ2n) is 6.82. The molecule has 3 nitrogen and oxygen atoms in total. The molecule has 0 unspecified atom stereocenters. The van der Waals surface area contributed by atoms with Gasteiger partial charge in [-0.2, -0.15) is 0 Å². The summed E-state index contributed by atoms with van der Waals surface area (Å²) in [7, 11) is 0. The zero-order valence-corrected chi connectivity index (χ0v) is 15.1. The fourth-order valence-electron chi connectivity index (χ4n) is 2.89. The van der Waals surface area contributed by atoms with Gasteiger partial charge in [0.2, 0.25) is 0 Å². The Labute approximate surface area is 151 Å². The Morgan fingerprint density at radius 2 is 1.76 bits per heavy atom. The van der Waals surface area contributed by atoms with E-state index in [4.69, 9.17) is 5.11 Å². The van der Waals surface area contributed by atoms with E-state index < -0.39 is 5.97 Å². The van der Waals surface area contributed by atoms with E-state index in [1.165, 1.54) is 22.6 Å². The minimum atomic E-state index is -0.957. The molecule has 2 aromatic rings. The van der Waals surface area contributed by atoms with Crippen molar-refractivity contribution in [1.29, 1.82) is 0 Å². The zero-order chi connectivity index (χ0) is 18.0. The van der Waals surface area contributed by atoms with E-state index in [-0.39, 0.29) is 16.8 Å². The molecule has 4 heteroatoms. The van der Waals surface area contributed by atoms with E-state index in [2.05, 4.69) is 13.8 Å². The molecule has 0 amide bonds. The van der Waals surface area contributed by atoms with Crippen molar-refractivity contribution in [3.05, 3.63) is 70.8 Å². The number of carboxylic acid groups (broad SMARTS) is 1. The van der Waals surface area contributed by atoms with Gasteiger partial charge in [-0.3, -0.25) is 4.79 Å². The average molecular weight is 352 g/mol. The molecule has 2 aromatic carbocycles. The van der Waals surface area contributed by atoms with Crippen molar-refractivity contribution in [2.24, 2.45) is 0 Å². The molecule has 0 bridgehead atoms. The van der Waals surface area contributed by atoms with Crippen LogP contribution in [-0.4, -0.2) is 22.6 Å². The number of allylic oxidation sites excluding steroid dienone is 1. The molecule has 0 aromatic heterocycles. The molecule has 0 saturated heterocycles. The highest BCUT2D eigenvalue weighted by molar-refractivity contribution is 7.99. The summed E-state index contributed by atoms with van der Waals surface area (Å²) in [6, 6.07) is 12.4. The lowest BCUT2D eigenvalue weighted by Gasteiger charge is -2.32. The van der Waals surface area contributed by atoms with Gasteiger partial charge in [-0.1, -0.05) is 32.1 Å². The molecule has 0 aliphatic carbocycles. The molecule has 0 spiro atoms. The van der Waals surface area contributed by atoms with Gasteiger partial charge in [0.1, 0.15) is 0 Å². The Morgan fingerprint density at radius 1 is 1.08 bits per heavy atom. The summed E-state index contributed by atoms with van der Waals surface area (Å²) in [4.78, 5) is 24.6. The SMILES string of the molecule is CC1(C)CCSc2ccc(C(=O)C=Cc3ccc(C(=O)O)cc3)cc21. The van der Waals surface area contributed by atoms with Crippen molar-refractivity contribution >= 4 is 29.6 Å². The first-order valence-electron chi connectivity index (χ1n) is 8.20. The number of ketones is 1. The van der Waals surface area contributed by atoms with Crippen molar-refractivity contribution in [1.82, 2.24) is 0 Å². The minimum absolute atomic E-state index is 0.0449. The molecule has 1 aliphatic heterocycles. The summed E-state index contributed by atoms with van der Waals surface area (Å²) in [5.74, 6) is 0.108. The average Bonchev–Trinajstić information content (AvgIpc) is 2.59. The second kappa shape index (κ2) is 6.89. The molecule has 0 saturated carbocycles. The Kier molecular flexibility index (Phi) is 4.82. The number of thioether (sulfide) groups is 1. The predicted molar refractivity (Wildman–Crippen MR) is 102 cm³/mol. The van der Waals surface area contributed by atoms with Crippen LogP contribution < -0.4 is 0 Å². The van der Waals surface area contributed by atoms with Crippen molar-refractivity contribution in [3.8, 4) is 0 Å². The maximum Gasteiger partial charge on any atom is 0.335 e. The maximum absolute atomic E-state index is 12.5. The molecule has 1 N–H and O–H groups in total. The molecule has 0 atom stereocenters. The van der Waals surface area contributed by atoms with Gasteiger partial charge in [0, 0.05) is 10.5 Å². The smallest absolute Gasteiger partial charge is 0.335 e. The van der Waals surface area contributed by atoms with Gasteiger partial charge in [-0.25, -0.2) is 4.79 Å². The topological polar surface area (TPSA) is 54.4 Å². The minimum Gasteiger partial charge on any atom is -0.478 e. The third kappa shape index (κ3) is 3.85. The Bertz CT molecular complexity index is 848. The first-order valence-corrected chi connectivity index (χ1v) is 9.18. The van der Waals surface area contributed by atoms with Crippen LogP contribution >= 0.6 is 11.8 Å². The standard InChI is InChI=1S/C21H20O3S/c1-21(2)11-12-25-19-10-8-16(13-17(19)21)18(22)9-5-14-3-6-15(7-4-14)20(23)24/h3-10,13H,11-12H2,1-2H3,(H,23,24). The largest absolute Gasteiger partial charge is 0.478 e. The number of carboxylic acids is 1. The number of carbonyl (C=O) groups is 2. The first-order chi connectivity index (χ1) is 11.9. The number of aromatic carboxylic acids is 1. The Hall–Kier alpha value is -2.33. The van der Waals surface area contributed by atoms with Crippen molar-refractivity contribution in [2.75, 3.05) is 5.75 Å². The van der Waals surface area contributed by atoms with Crippen LogP contribution in [0, 0.1) is 0 Å². The van der Waals surface area contributed by atoms with Crippen LogP contribution in [0.4, 0.5) is 0 Å². The van der Waals surface area contributed by atoms with Gasteiger partial charge in [0.05, 0.1) is 5.56 Å². The molecule has 1 aliphatic rings. The summed E-state index contributed by atoms with van der Waals surface area (Å²) in [5.41, 5.74) is 3.06. The van der Waals surface area contributed by atoms with E-state index in [1.54, 1.807) is 24.3 Å². The quantitative estimate of drug-likeness (QED) is 0.618. The lowest BCUT2D eigenvalue weighted by Crippen LogP contribution is -2.23. The number of benzene rings is 2. The van der Waals surface area contributed by atoms with Gasteiger partial charge >= 0.3 is 5.97 Å². The lowest BCUT2D eigenvalue weighted by molar-refractivity contribution is 0.0696. The van der Waals surface area contributed by atoms with Crippen LogP contribution in [0.3, 0.4) is 0 Å². The van der Waals surface area contributed by atoms with E-state index in [9.17, 15) is 9.59 Å². The number of hydrogen-bond donors (Lipinski definition) is 1. The van der Waals surface area contributed by atoms with E-state index >= 15 is 0 Å². The van der Waals surface area contributed by atoms with Crippen LogP contribution in [-0.2, 0) is 5.41 Å². The number of hydrogen-bond acceptors (Lipinski definition) is 3. The third-order valence-corrected chi connectivity index (χ3v) is 5.64. The Balaban J connectivity index is 1.80. The summed E-state index contributed by atoms with van der Waals surface area (Å²) in [6.45, 7) is 4.44. The predicted octanol–water partition coefficient (Wildman–Crippen LogP) is 5.05. The molecule has 1 heterocycles. The number of carbonyl (C=O) groups excluding carboxylic acids is 1. The van der Waals surface area contributed by atoms with Gasteiger partial charge in [-0.05, 0) is 65.1 Å². The second-order valence-corrected chi connectivity index (χ2v) is 7.95. The van der Waals surface area contributed by atoms with Gasteiger partial charge in [0.15, 0.2) is 5.78 Å². The number of fused-ring (bicyclic) bond motifs is 1. The summed E-state index contributed by atoms with van der Waals surface area (Å²) >= 11 is 1.85. The highest BCUT2D eigenvalue weighted by atomic mass is 32.2. The van der Waals surface area contributed by atoms with Crippen LogP contribution in [0.15, 0.2) is 53.4 Å². The molecule has 128 valence electrons. The monoisotopic (exact) mass is 352 g/mol. The Morgan fingerprint density at radius 3 is 2.44 bits per heavy atom. The van der Waals surface area contributed by atoms with Gasteiger partial charge in [-0.15, -0.1) is 11.8 Å². The van der Waals surface area contributed by atoms with Crippen molar-refractivity contribution < 1.29 is 14.7 Å². The maximum atomic E-state index is 12.5. The fourth-order valence-corrected chi connectivity index (χ4v) is 4.38. The van der Waals surface area contributed by atoms with Crippen molar-refractivity contribution in [3.63, 3.8) is 0 Å².